The number of hydrogen-bond acceptors (Lipinski definition) is 2. The predicted octanol–water partition coefficient (Wildman–Crippen LogP) is 4.58. The molecule has 1 saturated carbocycles. The van der Waals surface area contributed by atoms with Gasteiger partial charge in [-0.15, -0.1) is 0 Å². The molecule has 0 radical (unpaired) electrons. The van der Waals surface area contributed by atoms with Crippen LogP contribution in [0.3, 0.4) is 0 Å². The second kappa shape index (κ2) is 7.46. The third-order valence-corrected chi connectivity index (χ3v) is 7.11. The fraction of sp³-hybridized carbons (Fsp3) is 1.00. The minimum absolute atomic E-state index is 0.345. The molecule has 0 unspecified atom stereocenters. The van der Waals surface area contributed by atoms with E-state index in [1.807, 2.05) is 0 Å². The predicted molar refractivity (Wildman–Crippen MR) is 92.5 cm³/mol. The first kappa shape index (κ1) is 17.3. The first-order valence-electron chi connectivity index (χ1n) is 9.59. The summed E-state index contributed by atoms with van der Waals surface area (Å²) < 4.78 is 0. The third-order valence-electron chi connectivity index (χ3n) is 7.11. The minimum atomic E-state index is 0.345. The Kier molecular flexibility index (Phi) is 6.14. The van der Waals surface area contributed by atoms with Gasteiger partial charge in [-0.1, -0.05) is 46.5 Å². The van der Waals surface area contributed by atoms with Crippen molar-refractivity contribution in [2.75, 3.05) is 19.6 Å². The summed E-state index contributed by atoms with van der Waals surface area (Å²) >= 11 is 0. The minimum Gasteiger partial charge on any atom is -0.329 e. The lowest BCUT2D eigenvalue weighted by molar-refractivity contribution is -0.0118. The summed E-state index contributed by atoms with van der Waals surface area (Å²) in [5.41, 5.74) is 7.26. The summed E-state index contributed by atoms with van der Waals surface area (Å²) in [6.45, 7) is 10.5. The van der Waals surface area contributed by atoms with Gasteiger partial charge < -0.3 is 5.73 Å². The molecule has 1 aliphatic carbocycles. The highest BCUT2D eigenvalue weighted by Crippen LogP contribution is 2.43. The van der Waals surface area contributed by atoms with Crippen LogP contribution in [0.15, 0.2) is 0 Å². The Morgan fingerprint density at radius 3 is 1.95 bits per heavy atom. The van der Waals surface area contributed by atoms with E-state index in [9.17, 15) is 0 Å². The van der Waals surface area contributed by atoms with Crippen LogP contribution in [-0.2, 0) is 0 Å². The van der Waals surface area contributed by atoms with Crippen molar-refractivity contribution in [3.63, 3.8) is 0 Å². The van der Waals surface area contributed by atoms with E-state index in [0.717, 1.165) is 12.5 Å². The first-order chi connectivity index (χ1) is 10.1. The molecule has 0 aromatic carbocycles. The van der Waals surface area contributed by atoms with Crippen LogP contribution >= 0.6 is 0 Å². The first-order valence-corrected chi connectivity index (χ1v) is 9.59. The van der Waals surface area contributed by atoms with Crippen molar-refractivity contribution < 1.29 is 0 Å². The second-order valence-electron chi connectivity index (χ2n) is 7.85. The molecule has 0 aromatic heterocycles. The molecular weight excluding hydrogens is 256 g/mol. The molecule has 0 atom stereocenters. The van der Waals surface area contributed by atoms with Crippen molar-refractivity contribution in [3.05, 3.63) is 0 Å². The van der Waals surface area contributed by atoms with Gasteiger partial charge >= 0.3 is 0 Å². The van der Waals surface area contributed by atoms with Crippen LogP contribution in [0, 0.1) is 11.3 Å². The summed E-state index contributed by atoms with van der Waals surface area (Å²) in [6.07, 6.45) is 13.8. The highest BCUT2D eigenvalue weighted by molar-refractivity contribution is 4.99. The smallest absolute Gasteiger partial charge is 0.0331 e. The molecule has 0 aromatic rings. The normalized spacial score (nSPS) is 34.0. The highest BCUT2D eigenvalue weighted by atomic mass is 15.2. The average molecular weight is 295 g/mol. The van der Waals surface area contributed by atoms with E-state index in [1.54, 1.807) is 0 Å². The maximum Gasteiger partial charge on any atom is 0.0331 e. The van der Waals surface area contributed by atoms with Crippen LogP contribution in [0.25, 0.3) is 0 Å². The van der Waals surface area contributed by atoms with Gasteiger partial charge in [-0.25, -0.2) is 0 Å². The van der Waals surface area contributed by atoms with Crippen molar-refractivity contribution in [2.45, 2.75) is 90.5 Å². The van der Waals surface area contributed by atoms with E-state index < -0.39 is 0 Å². The topological polar surface area (TPSA) is 29.3 Å². The number of nitrogens with zero attached hydrogens (tertiary/aromatic N) is 1. The Morgan fingerprint density at radius 2 is 1.52 bits per heavy atom. The Bertz CT molecular complexity index is 291. The Balaban J connectivity index is 1.94. The van der Waals surface area contributed by atoms with Gasteiger partial charge in [0.1, 0.15) is 0 Å². The molecule has 2 heteroatoms. The summed E-state index contributed by atoms with van der Waals surface area (Å²) in [7, 11) is 0. The molecular formula is C19H38N2. The van der Waals surface area contributed by atoms with Gasteiger partial charge in [0.05, 0.1) is 0 Å². The molecule has 2 N–H and O–H groups in total. The number of rotatable bonds is 6. The largest absolute Gasteiger partial charge is 0.329 e. The van der Waals surface area contributed by atoms with Crippen LogP contribution in [0.5, 0.6) is 0 Å². The molecule has 124 valence electrons. The van der Waals surface area contributed by atoms with Gasteiger partial charge in [0.25, 0.3) is 0 Å². The zero-order chi connectivity index (χ0) is 15.3. The standard InChI is InChI=1S/C19H38N2/c1-4-7-17-8-10-19(16-20,11-9-17)21-14-12-18(5-2,6-3)13-15-21/h17H,4-16,20H2,1-3H3. The van der Waals surface area contributed by atoms with Gasteiger partial charge in [0.15, 0.2) is 0 Å². The van der Waals surface area contributed by atoms with Crippen molar-refractivity contribution in [1.29, 1.82) is 0 Å². The summed E-state index contributed by atoms with van der Waals surface area (Å²) in [4.78, 5) is 2.79. The van der Waals surface area contributed by atoms with Gasteiger partial charge in [-0.05, 0) is 62.9 Å². The molecule has 0 bridgehead atoms. The SMILES string of the molecule is CCCC1CCC(CN)(N2CCC(CC)(CC)CC2)CC1. The van der Waals surface area contributed by atoms with Crippen LogP contribution in [0.2, 0.25) is 0 Å². The lowest BCUT2D eigenvalue weighted by atomic mass is 9.70. The second-order valence-corrected chi connectivity index (χ2v) is 7.85. The van der Waals surface area contributed by atoms with Crippen LogP contribution in [-0.4, -0.2) is 30.1 Å². The van der Waals surface area contributed by atoms with Gasteiger partial charge in [0.2, 0.25) is 0 Å². The maximum absolute atomic E-state index is 6.28. The van der Waals surface area contributed by atoms with Gasteiger partial charge in [0, 0.05) is 12.1 Å². The molecule has 21 heavy (non-hydrogen) atoms. The van der Waals surface area contributed by atoms with E-state index in [2.05, 4.69) is 25.7 Å². The van der Waals surface area contributed by atoms with Crippen LogP contribution in [0.4, 0.5) is 0 Å². The van der Waals surface area contributed by atoms with Crippen molar-refractivity contribution in [2.24, 2.45) is 17.1 Å². The lowest BCUT2D eigenvalue weighted by Crippen LogP contribution is -2.58. The number of likely N-dealkylation sites (tertiary alicyclic amines) is 1. The highest BCUT2D eigenvalue weighted by Gasteiger charge is 2.42. The third kappa shape index (κ3) is 3.64. The monoisotopic (exact) mass is 294 g/mol. The molecule has 0 amide bonds. The zero-order valence-electron chi connectivity index (χ0n) is 14.8. The summed E-state index contributed by atoms with van der Waals surface area (Å²) in [5.74, 6) is 0.977. The molecule has 2 nitrogen and oxygen atoms in total. The molecule has 2 aliphatic rings. The van der Waals surface area contributed by atoms with E-state index in [0.29, 0.717) is 11.0 Å². The molecule has 2 fully saturated rings. The number of nitrogens with two attached hydrogens (primary N) is 1. The van der Waals surface area contributed by atoms with E-state index in [-0.39, 0.29) is 0 Å². The van der Waals surface area contributed by atoms with Crippen LogP contribution < -0.4 is 5.73 Å². The quantitative estimate of drug-likeness (QED) is 0.777. The lowest BCUT2D eigenvalue weighted by Gasteiger charge is -2.52. The Morgan fingerprint density at radius 1 is 0.952 bits per heavy atom. The van der Waals surface area contributed by atoms with Gasteiger partial charge in [-0.3, -0.25) is 4.90 Å². The summed E-state index contributed by atoms with van der Waals surface area (Å²) in [6, 6.07) is 0. The fourth-order valence-electron chi connectivity index (χ4n) is 4.97. The van der Waals surface area contributed by atoms with Crippen molar-refractivity contribution in [3.8, 4) is 0 Å². The fourth-order valence-corrected chi connectivity index (χ4v) is 4.97. The van der Waals surface area contributed by atoms with E-state index in [1.165, 1.54) is 77.3 Å². The molecule has 1 heterocycles. The number of piperidine rings is 1. The molecule has 1 aliphatic heterocycles. The number of hydrogen-bond donors (Lipinski definition) is 1. The maximum atomic E-state index is 6.28. The van der Waals surface area contributed by atoms with Crippen molar-refractivity contribution >= 4 is 0 Å². The van der Waals surface area contributed by atoms with E-state index in [4.69, 9.17) is 5.73 Å². The van der Waals surface area contributed by atoms with E-state index >= 15 is 0 Å². The average Bonchev–Trinajstić information content (AvgIpc) is 2.56. The van der Waals surface area contributed by atoms with Crippen LogP contribution in [0.1, 0.15) is 85.0 Å². The molecule has 0 spiro atoms. The van der Waals surface area contributed by atoms with Gasteiger partial charge in [-0.2, -0.15) is 0 Å². The molecule has 2 rings (SSSR count). The Labute approximate surface area is 132 Å². The zero-order valence-corrected chi connectivity index (χ0v) is 14.8. The molecule has 1 saturated heterocycles. The Hall–Kier alpha value is -0.0800. The summed E-state index contributed by atoms with van der Waals surface area (Å²) in [5, 5.41) is 0. The van der Waals surface area contributed by atoms with Crippen molar-refractivity contribution in [1.82, 2.24) is 4.90 Å².